The minimum atomic E-state index is -0.324. The van der Waals surface area contributed by atoms with Crippen LogP contribution in [0.1, 0.15) is 45.6 Å². The number of hydrogen-bond donors (Lipinski definition) is 3. The highest BCUT2D eigenvalue weighted by molar-refractivity contribution is 5.89. The fraction of sp³-hybridized carbons (Fsp3) is 0.444. The van der Waals surface area contributed by atoms with Gasteiger partial charge in [0, 0.05) is 30.6 Å². The summed E-state index contributed by atoms with van der Waals surface area (Å²) >= 11 is 0. The first-order valence-electron chi connectivity index (χ1n) is 7.82. The number of anilines is 1. The number of aromatic hydroxyl groups is 1. The molecule has 0 saturated heterocycles. The predicted molar refractivity (Wildman–Crippen MR) is 93.5 cm³/mol. The minimum Gasteiger partial charge on any atom is -0.508 e. The smallest absolute Gasteiger partial charge is 0.319 e. The first-order valence-corrected chi connectivity index (χ1v) is 7.82. The number of unbranched alkanes of at least 4 members (excludes halogenated alkanes) is 2. The van der Waals surface area contributed by atoms with Crippen molar-refractivity contribution in [1.82, 2.24) is 5.32 Å². The fourth-order valence-electron chi connectivity index (χ4n) is 1.80. The SMILES string of the molecule is C#CCCCCNC(=O)Nc1ccc(O)c(CC(C)=O)c1.CC. The Kier molecular flexibility index (Phi) is 10.8. The van der Waals surface area contributed by atoms with E-state index >= 15 is 0 Å². The maximum absolute atomic E-state index is 11.7. The van der Waals surface area contributed by atoms with Crippen LogP contribution in [0.3, 0.4) is 0 Å². The molecule has 0 aliphatic rings. The molecule has 0 spiro atoms. The van der Waals surface area contributed by atoms with E-state index in [0.717, 1.165) is 12.8 Å². The summed E-state index contributed by atoms with van der Waals surface area (Å²) in [6, 6.07) is 4.31. The van der Waals surface area contributed by atoms with Crippen LogP contribution >= 0.6 is 0 Å². The molecule has 23 heavy (non-hydrogen) atoms. The molecule has 0 aromatic heterocycles. The summed E-state index contributed by atoms with van der Waals surface area (Å²) in [6.45, 7) is 5.99. The monoisotopic (exact) mass is 318 g/mol. The van der Waals surface area contributed by atoms with Crippen LogP contribution in [-0.2, 0) is 11.2 Å². The summed E-state index contributed by atoms with van der Waals surface area (Å²) in [6.07, 6.45) is 7.67. The van der Waals surface area contributed by atoms with E-state index in [2.05, 4.69) is 16.6 Å². The van der Waals surface area contributed by atoms with Gasteiger partial charge in [0.1, 0.15) is 11.5 Å². The molecule has 1 aromatic carbocycles. The molecule has 1 aromatic rings. The predicted octanol–water partition coefficient (Wildman–Crippen LogP) is 3.47. The van der Waals surface area contributed by atoms with Crippen molar-refractivity contribution in [2.45, 2.75) is 46.5 Å². The number of phenols is 1. The van der Waals surface area contributed by atoms with Gasteiger partial charge in [0.05, 0.1) is 0 Å². The molecule has 0 aliphatic heterocycles. The molecular formula is C18H26N2O3. The minimum absolute atomic E-state index is 0.0467. The molecule has 126 valence electrons. The number of ketones is 1. The third kappa shape index (κ3) is 9.20. The number of urea groups is 1. The molecule has 5 heteroatoms. The zero-order valence-electron chi connectivity index (χ0n) is 14.1. The van der Waals surface area contributed by atoms with Crippen molar-refractivity contribution in [2.75, 3.05) is 11.9 Å². The summed E-state index contributed by atoms with van der Waals surface area (Å²) in [4.78, 5) is 22.8. The Morgan fingerprint density at radius 2 is 1.96 bits per heavy atom. The number of Topliss-reactive ketones (excluding diaryl/α,β-unsaturated/α-hetero) is 1. The highest BCUT2D eigenvalue weighted by Crippen LogP contribution is 2.22. The molecule has 0 saturated carbocycles. The van der Waals surface area contributed by atoms with Crippen LogP contribution in [0.25, 0.3) is 0 Å². The number of phenolic OH excluding ortho intramolecular Hbond substituents is 1. The molecule has 3 N–H and O–H groups in total. The number of carbonyl (C=O) groups excluding carboxylic acids is 2. The van der Waals surface area contributed by atoms with Crippen molar-refractivity contribution < 1.29 is 14.7 Å². The van der Waals surface area contributed by atoms with E-state index in [9.17, 15) is 14.7 Å². The van der Waals surface area contributed by atoms with Crippen molar-refractivity contribution in [2.24, 2.45) is 0 Å². The van der Waals surface area contributed by atoms with E-state index in [1.807, 2.05) is 13.8 Å². The number of hydrogen-bond acceptors (Lipinski definition) is 3. The van der Waals surface area contributed by atoms with Gasteiger partial charge in [-0.25, -0.2) is 4.79 Å². The second-order valence-corrected chi connectivity index (χ2v) is 4.76. The first-order chi connectivity index (χ1) is 11.0. The highest BCUT2D eigenvalue weighted by Gasteiger charge is 2.07. The highest BCUT2D eigenvalue weighted by atomic mass is 16.3. The standard InChI is InChI=1S/C16H20N2O3.C2H6/c1-3-4-5-6-9-17-16(21)18-14-7-8-15(20)13(11-14)10-12(2)19;1-2/h1,7-8,11,20H,4-6,9-10H2,2H3,(H2,17,18,21);1-2H3. The zero-order chi connectivity index (χ0) is 17.7. The van der Waals surface area contributed by atoms with Gasteiger partial charge in [0.15, 0.2) is 0 Å². The molecule has 1 rings (SSSR count). The molecule has 0 aliphatic carbocycles. The van der Waals surface area contributed by atoms with Gasteiger partial charge in [0.2, 0.25) is 0 Å². The maximum atomic E-state index is 11.7. The van der Waals surface area contributed by atoms with Crippen molar-refractivity contribution in [3.63, 3.8) is 0 Å². The Morgan fingerprint density at radius 3 is 2.57 bits per heavy atom. The van der Waals surface area contributed by atoms with Crippen molar-refractivity contribution in [1.29, 1.82) is 0 Å². The third-order valence-electron chi connectivity index (χ3n) is 2.81. The van der Waals surface area contributed by atoms with Crippen LogP contribution in [0.4, 0.5) is 10.5 Å². The van der Waals surface area contributed by atoms with Crippen LogP contribution in [0.2, 0.25) is 0 Å². The Bertz CT molecular complexity index is 548. The first kappa shape index (κ1) is 20.5. The third-order valence-corrected chi connectivity index (χ3v) is 2.81. The average Bonchev–Trinajstić information content (AvgIpc) is 2.52. The van der Waals surface area contributed by atoms with E-state index in [0.29, 0.717) is 24.2 Å². The number of rotatable bonds is 7. The molecule has 0 unspecified atom stereocenters. The molecular weight excluding hydrogens is 292 g/mol. The second kappa shape index (κ2) is 12.1. The van der Waals surface area contributed by atoms with E-state index in [1.54, 1.807) is 12.1 Å². The van der Waals surface area contributed by atoms with Gasteiger partial charge in [-0.1, -0.05) is 13.8 Å². The van der Waals surface area contributed by atoms with Gasteiger partial charge in [0.25, 0.3) is 0 Å². The molecule has 2 amide bonds. The van der Waals surface area contributed by atoms with Crippen LogP contribution in [0, 0.1) is 12.3 Å². The molecule has 0 radical (unpaired) electrons. The number of benzene rings is 1. The van der Waals surface area contributed by atoms with Gasteiger partial charge in [-0.15, -0.1) is 12.3 Å². The van der Waals surface area contributed by atoms with Crippen LogP contribution in [0.5, 0.6) is 5.75 Å². The number of carbonyl (C=O) groups is 2. The Morgan fingerprint density at radius 1 is 1.26 bits per heavy atom. The van der Waals surface area contributed by atoms with Gasteiger partial charge in [-0.2, -0.15) is 0 Å². The zero-order valence-corrected chi connectivity index (χ0v) is 14.1. The summed E-state index contributed by atoms with van der Waals surface area (Å²) in [5.41, 5.74) is 1.03. The molecule has 5 nitrogen and oxygen atoms in total. The van der Waals surface area contributed by atoms with Gasteiger partial charge >= 0.3 is 6.03 Å². The van der Waals surface area contributed by atoms with E-state index in [4.69, 9.17) is 6.42 Å². The lowest BCUT2D eigenvalue weighted by Gasteiger charge is -2.09. The molecule has 0 atom stereocenters. The maximum Gasteiger partial charge on any atom is 0.319 e. The lowest BCUT2D eigenvalue weighted by atomic mass is 10.1. The summed E-state index contributed by atoms with van der Waals surface area (Å²) < 4.78 is 0. The van der Waals surface area contributed by atoms with Crippen molar-refractivity contribution >= 4 is 17.5 Å². The lowest BCUT2D eigenvalue weighted by molar-refractivity contribution is -0.116. The molecule has 0 bridgehead atoms. The van der Waals surface area contributed by atoms with E-state index < -0.39 is 0 Å². The van der Waals surface area contributed by atoms with Gasteiger partial charge in [-0.3, -0.25) is 4.79 Å². The quantitative estimate of drug-likeness (QED) is 0.409. The van der Waals surface area contributed by atoms with Crippen LogP contribution in [-0.4, -0.2) is 23.5 Å². The van der Waals surface area contributed by atoms with Crippen LogP contribution < -0.4 is 10.6 Å². The normalized spacial score (nSPS) is 9.13. The van der Waals surface area contributed by atoms with Crippen molar-refractivity contribution in [3.05, 3.63) is 23.8 Å². The van der Waals surface area contributed by atoms with E-state index in [1.165, 1.54) is 13.0 Å². The van der Waals surface area contributed by atoms with Crippen LogP contribution in [0.15, 0.2) is 18.2 Å². The summed E-state index contributed by atoms with van der Waals surface area (Å²) in [7, 11) is 0. The molecule has 0 heterocycles. The topological polar surface area (TPSA) is 78.4 Å². The summed E-state index contributed by atoms with van der Waals surface area (Å²) in [5, 5.41) is 15.0. The Balaban J connectivity index is 0.00000232. The molecule has 0 fully saturated rings. The fourth-order valence-corrected chi connectivity index (χ4v) is 1.80. The average molecular weight is 318 g/mol. The van der Waals surface area contributed by atoms with Crippen molar-refractivity contribution in [3.8, 4) is 18.1 Å². The largest absolute Gasteiger partial charge is 0.508 e. The summed E-state index contributed by atoms with van der Waals surface area (Å²) in [5.74, 6) is 2.53. The van der Waals surface area contributed by atoms with Gasteiger partial charge < -0.3 is 15.7 Å². The second-order valence-electron chi connectivity index (χ2n) is 4.76. The number of amides is 2. The number of nitrogens with one attached hydrogen (secondary N) is 2. The Labute approximate surface area is 138 Å². The number of terminal acetylenes is 1. The Hall–Kier alpha value is -2.48. The lowest BCUT2D eigenvalue weighted by Crippen LogP contribution is -2.29. The van der Waals surface area contributed by atoms with E-state index in [-0.39, 0.29) is 24.0 Å². The van der Waals surface area contributed by atoms with Gasteiger partial charge in [-0.05, 0) is 38.0 Å².